The molecule has 0 saturated heterocycles. The first-order chi connectivity index (χ1) is 14.0. The average molecular weight is 392 g/mol. The van der Waals surface area contributed by atoms with Crippen LogP contribution in [-0.4, -0.2) is 19.2 Å². The van der Waals surface area contributed by atoms with Gasteiger partial charge in [0.25, 0.3) is 0 Å². The van der Waals surface area contributed by atoms with Gasteiger partial charge in [0.1, 0.15) is 11.6 Å². The minimum Gasteiger partial charge on any atom is -0.388 e. The highest BCUT2D eigenvalue weighted by Crippen LogP contribution is 2.35. The maximum Gasteiger partial charge on any atom is 0.139 e. The van der Waals surface area contributed by atoms with Crippen LogP contribution in [0.25, 0.3) is 11.6 Å². The van der Waals surface area contributed by atoms with E-state index in [1.165, 1.54) is 25.7 Å². The third kappa shape index (κ3) is 3.91. The summed E-state index contributed by atoms with van der Waals surface area (Å²) in [6.45, 7) is 8.42. The van der Waals surface area contributed by atoms with Crippen molar-refractivity contribution < 1.29 is 5.11 Å². The zero-order valence-electron chi connectivity index (χ0n) is 18.2. The Morgan fingerprint density at radius 2 is 1.17 bits per heavy atom. The molecule has 154 valence electrons. The first-order valence-corrected chi connectivity index (χ1v) is 11.0. The topological polar surface area (TPSA) is 43.0 Å². The van der Waals surface area contributed by atoms with E-state index in [1.807, 2.05) is 0 Å². The van der Waals surface area contributed by atoms with Crippen LogP contribution in [0.3, 0.4) is 0 Å². The van der Waals surface area contributed by atoms with Gasteiger partial charge in [-0.1, -0.05) is 25.7 Å². The molecule has 4 heteroatoms. The van der Waals surface area contributed by atoms with Crippen LogP contribution in [0.1, 0.15) is 73.0 Å². The summed E-state index contributed by atoms with van der Waals surface area (Å²) in [5, 5.41) is 11.3. The molecule has 0 aliphatic heterocycles. The summed E-state index contributed by atoms with van der Waals surface area (Å²) in [6, 6.07) is 12.7. The van der Waals surface area contributed by atoms with Gasteiger partial charge in [0.2, 0.25) is 0 Å². The molecule has 0 spiro atoms. The van der Waals surface area contributed by atoms with Crippen molar-refractivity contribution in [2.75, 3.05) is 0 Å². The summed E-state index contributed by atoms with van der Waals surface area (Å²) in [5.41, 5.74) is 5.61. The SMILES string of the molecule is Cc1ccc(C)n1-c1cc(C(O)C2CCCCCC2)cc(-n2c(C)ccc2C)n1. The Balaban J connectivity index is 1.84. The molecule has 0 bridgehead atoms. The molecule has 1 saturated carbocycles. The Morgan fingerprint density at radius 1 is 0.759 bits per heavy atom. The van der Waals surface area contributed by atoms with E-state index in [9.17, 15) is 5.11 Å². The van der Waals surface area contributed by atoms with Gasteiger partial charge in [0.15, 0.2) is 0 Å². The second kappa shape index (κ2) is 8.19. The van der Waals surface area contributed by atoms with Crippen LogP contribution in [0, 0.1) is 33.6 Å². The van der Waals surface area contributed by atoms with E-state index >= 15 is 0 Å². The van der Waals surface area contributed by atoms with Gasteiger partial charge in [-0.05, 0) is 88.4 Å². The predicted octanol–water partition coefficient (Wildman–Crippen LogP) is 5.90. The number of aryl methyl sites for hydroxylation is 4. The van der Waals surface area contributed by atoms with Crippen LogP contribution in [0.2, 0.25) is 0 Å². The fraction of sp³-hybridized carbons (Fsp3) is 0.480. The van der Waals surface area contributed by atoms with E-state index in [0.717, 1.165) is 52.8 Å². The molecule has 3 heterocycles. The molecule has 1 aliphatic rings. The molecule has 1 aliphatic carbocycles. The van der Waals surface area contributed by atoms with E-state index in [-0.39, 0.29) is 0 Å². The van der Waals surface area contributed by atoms with Crippen LogP contribution in [0.5, 0.6) is 0 Å². The normalized spacial score (nSPS) is 16.7. The minimum atomic E-state index is -0.444. The molecule has 4 rings (SSSR count). The van der Waals surface area contributed by atoms with Gasteiger partial charge in [-0.2, -0.15) is 0 Å². The Bertz CT molecular complexity index is 886. The van der Waals surface area contributed by atoms with Crippen molar-refractivity contribution in [1.29, 1.82) is 0 Å². The number of hydrogen-bond donors (Lipinski definition) is 1. The van der Waals surface area contributed by atoms with Gasteiger partial charge in [0.05, 0.1) is 6.10 Å². The van der Waals surface area contributed by atoms with E-state index < -0.39 is 6.10 Å². The van der Waals surface area contributed by atoms with Gasteiger partial charge in [-0.3, -0.25) is 0 Å². The molecular weight excluding hydrogens is 358 g/mol. The second-order valence-corrected chi connectivity index (χ2v) is 8.72. The van der Waals surface area contributed by atoms with Gasteiger partial charge >= 0.3 is 0 Å². The summed E-state index contributed by atoms with van der Waals surface area (Å²) in [5.74, 6) is 2.11. The molecule has 29 heavy (non-hydrogen) atoms. The molecule has 1 fully saturated rings. The fourth-order valence-corrected chi connectivity index (χ4v) is 4.88. The van der Waals surface area contributed by atoms with E-state index in [0.29, 0.717) is 5.92 Å². The third-order valence-corrected chi connectivity index (χ3v) is 6.51. The summed E-state index contributed by atoms with van der Waals surface area (Å²) >= 11 is 0. The lowest BCUT2D eigenvalue weighted by molar-refractivity contribution is 0.0987. The van der Waals surface area contributed by atoms with E-state index in [2.05, 4.69) is 73.2 Å². The van der Waals surface area contributed by atoms with Gasteiger partial charge < -0.3 is 14.2 Å². The Morgan fingerprint density at radius 3 is 1.59 bits per heavy atom. The van der Waals surface area contributed by atoms with E-state index in [1.54, 1.807) is 0 Å². The van der Waals surface area contributed by atoms with Crippen molar-refractivity contribution in [3.05, 3.63) is 64.7 Å². The molecule has 0 radical (unpaired) electrons. The number of pyridine rings is 1. The highest BCUT2D eigenvalue weighted by molar-refractivity contribution is 5.43. The van der Waals surface area contributed by atoms with Gasteiger partial charge in [-0.15, -0.1) is 0 Å². The molecule has 0 aromatic carbocycles. The monoisotopic (exact) mass is 391 g/mol. The number of hydrogen-bond acceptors (Lipinski definition) is 2. The van der Waals surface area contributed by atoms with Crippen LogP contribution >= 0.6 is 0 Å². The van der Waals surface area contributed by atoms with Crippen LogP contribution in [-0.2, 0) is 0 Å². The number of aromatic nitrogens is 3. The highest BCUT2D eigenvalue weighted by atomic mass is 16.3. The Kier molecular flexibility index (Phi) is 5.64. The fourth-order valence-electron chi connectivity index (χ4n) is 4.88. The van der Waals surface area contributed by atoms with E-state index in [4.69, 9.17) is 4.98 Å². The number of nitrogens with zero attached hydrogens (tertiary/aromatic N) is 3. The maximum absolute atomic E-state index is 11.3. The molecule has 1 unspecified atom stereocenters. The van der Waals surface area contributed by atoms with Crippen LogP contribution < -0.4 is 0 Å². The molecule has 0 amide bonds. The van der Waals surface area contributed by atoms with Crippen LogP contribution in [0.4, 0.5) is 0 Å². The first-order valence-electron chi connectivity index (χ1n) is 11.0. The predicted molar refractivity (Wildman–Crippen MR) is 118 cm³/mol. The third-order valence-electron chi connectivity index (χ3n) is 6.51. The molecule has 1 N–H and O–H groups in total. The van der Waals surface area contributed by atoms with Crippen molar-refractivity contribution >= 4 is 0 Å². The molecular formula is C25H33N3O. The Labute approximate surface area is 174 Å². The van der Waals surface area contributed by atoms with Gasteiger partial charge in [0, 0.05) is 22.8 Å². The summed E-state index contributed by atoms with van der Waals surface area (Å²) in [4.78, 5) is 5.02. The lowest BCUT2D eigenvalue weighted by Gasteiger charge is -2.23. The minimum absolute atomic E-state index is 0.333. The standard InChI is InChI=1S/C25H33N3O/c1-17-11-12-18(2)27(17)23-15-22(25(29)21-9-7-5-6-8-10-21)16-24(26-23)28-19(3)13-14-20(28)4/h11-16,21,25,29H,5-10H2,1-4H3. The van der Waals surface area contributed by atoms with Gasteiger partial charge in [-0.25, -0.2) is 4.98 Å². The summed E-state index contributed by atoms with van der Waals surface area (Å²) < 4.78 is 4.36. The van der Waals surface area contributed by atoms with Crippen molar-refractivity contribution in [1.82, 2.24) is 14.1 Å². The van der Waals surface area contributed by atoms with Crippen LogP contribution in [0.15, 0.2) is 36.4 Å². The average Bonchev–Trinajstić information content (AvgIpc) is 3.08. The molecule has 3 aromatic rings. The van der Waals surface area contributed by atoms with Crippen molar-refractivity contribution in [3.63, 3.8) is 0 Å². The summed E-state index contributed by atoms with van der Waals surface area (Å²) in [6.07, 6.45) is 6.80. The van der Waals surface area contributed by atoms with Crippen molar-refractivity contribution in [3.8, 4) is 11.6 Å². The number of aliphatic hydroxyl groups is 1. The largest absolute Gasteiger partial charge is 0.388 e. The quantitative estimate of drug-likeness (QED) is 0.563. The lowest BCUT2D eigenvalue weighted by Crippen LogP contribution is -2.15. The van der Waals surface area contributed by atoms with Crippen molar-refractivity contribution in [2.45, 2.75) is 72.3 Å². The second-order valence-electron chi connectivity index (χ2n) is 8.72. The molecule has 4 nitrogen and oxygen atoms in total. The molecule has 3 aromatic heterocycles. The van der Waals surface area contributed by atoms with Crippen molar-refractivity contribution in [2.24, 2.45) is 5.92 Å². The lowest BCUT2D eigenvalue weighted by atomic mass is 9.89. The first kappa shape index (κ1) is 20.0. The number of rotatable bonds is 4. The zero-order chi connectivity index (χ0) is 20.5. The zero-order valence-corrected chi connectivity index (χ0v) is 18.2. The smallest absolute Gasteiger partial charge is 0.139 e. The highest BCUT2D eigenvalue weighted by Gasteiger charge is 2.24. The molecule has 1 atom stereocenters. The Hall–Kier alpha value is -2.33. The summed E-state index contributed by atoms with van der Waals surface area (Å²) in [7, 11) is 0. The number of aliphatic hydroxyl groups excluding tert-OH is 1. The maximum atomic E-state index is 11.3.